The summed E-state index contributed by atoms with van der Waals surface area (Å²) < 4.78 is 1.44. The van der Waals surface area contributed by atoms with Crippen LogP contribution in [0, 0.1) is 11.3 Å². The number of fused-ring (bicyclic) bond motifs is 1. The van der Waals surface area contributed by atoms with E-state index < -0.39 is 0 Å². The Labute approximate surface area is 141 Å². The molecule has 1 aromatic carbocycles. The van der Waals surface area contributed by atoms with Crippen LogP contribution in [0.25, 0.3) is 0 Å². The molecular weight excluding hydrogens is 300 g/mol. The third-order valence-corrected chi connectivity index (χ3v) is 4.63. The van der Waals surface area contributed by atoms with Crippen LogP contribution in [0.4, 0.5) is 0 Å². The van der Waals surface area contributed by atoms with Gasteiger partial charge in [0, 0.05) is 6.54 Å². The summed E-state index contributed by atoms with van der Waals surface area (Å²) in [4.78, 5) is 12.6. The minimum atomic E-state index is -0.289. The molecule has 1 aliphatic rings. The van der Waals surface area contributed by atoms with E-state index in [2.05, 4.69) is 34.7 Å². The van der Waals surface area contributed by atoms with E-state index in [1.807, 2.05) is 13.8 Å². The van der Waals surface area contributed by atoms with Gasteiger partial charge >= 0.3 is 0 Å². The first-order chi connectivity index (χ1) is 11.7. The van der Waals surface area contributed by atoms with Crippen LogP contribution in [0.15, 0.2) is 23.0 Å². The minimum absolute atomic E-state index is 0.240. The summed E-state index contributed by atoms with van der Waals surface area (Å²) in [6, 6.07) is 8.42. The molecule has 1 aromatic heterocycles. The van der Waals surface area contributed by atoms with Crippen molar-refractivity contribution >= 4 is 0 Å². The molecule has 0 atom stereocenters. The standard InChI is InChI=1S/C19H22N4O/c1-3-16-17(10-20)19(24)23(22-18(16)4-2)12-13-5-6-14-7-8-21-11-15(14)9-13/h5-6,9,21H,3-4,7-8,11-12H2,1-2H3. The van der Waals surface area contributed by atoms with Gasteiger partial charge in [-0.3, -0.25) is 4.79 Å². The van der Waals surface area contributed by atoms with Gasteiger partial charge in [0.15, 0.2) is 0 Å². The van der Waals surface area contributed by atoms with Crippen LogP contribution in [0.3, 0.4) is 0 Å². The third-order valence-electron chi connectivity index (χ3n) is 4.63. The van der Waals surface area contributed by atoms with E-state index in [9.17, 15) is 10.1 Å². The molecule has 3 rings (SSSR count). The van der Waals surface area contributed by atoms with Crippen LogP contribution in [-0.2, 0) is 32.4 Å². The zero-order chi connectivity index (χ0) is 17.1. The summed E-state index contributed by atoms with van der Waals surface area (Å²) >= 11 is 0. The maximum atomic E-state index is 12.6. The molecule has 124 valence electrons. The number of hydrogen-bond acceptors (Lipinski definition) is 4. The fraction of sp³-hybridized carbons (Fsp3) is 0.421. The average molecular weight is 322 g/mol. The number of nitrogens with zero attached hydrogens (tertiary/aromatic N) is 3. The molecule has 0 unspecified atom stereocenters. The van der Waals surface area contributed by atoms with Crippen molar-refractivity contribution in [2.24, 2.45) is 0 Å². The van der Waals surface area contributed by atoms with Gasteiger partial charge in [-0.25, -0.2) is 4.68 Å². The highest BCUT2D eigenvalue weighted by atomic mass is 16.1. The van der Waals surface area contributed by atoms with Crippen LogP contribution in [0.1, 0.15) is 47.4 Å². The van der Waals surface area contributed by atoms with E-state index in [0.29, 0.717) is 19.4 Å². The smallest absolute Gasteiger partial charge is 0.285 e. The predicted octanol–water partition coefficient (Wildman–Crippen LogP) is 1.93. The van der Waals surface area contributed by atoms with Crippen molar-refractivity contribution in [2.45, 2.75) is 46.2 Å². The largest absolute Gasteiger partial charge is 0.312 e. The number of nitriles is 1. The number of hydrogen-bond donors (Lipinski definition) is 1. The lowest BCUT2D eigenvalue weighted by Gasteiger charge is -2.18. The van der Waals surface area contributed by atoms with E-state index >= 15 is 0 Å². The van der Waals surface area contributed by atoms with E-state index in [4.69, 9.17) is 0 Å². The Morgan fingerprint density at radius 2 is 2.12 bits per heavy atom. The molecule has 5 nitrogen and oxygen atoms in total. The Morgan fingerprint density at radius 1 is 1.29 bits per heavy atom. The van der Waals surface area contributed by atoms with Gasteiger partial charge < -0.3 is 5.32 Å². The van der Waals surface area contributed by atoms with Gasteiger partial charge in [-0.2, -0.15) is 10.4 Å². The summed E-state index contributed by atoms with van der Waals surface area (Å²) in [6.45, 7) is 6.23. The maximum Gasteiger partial charge on any atom is 0.285 e. The number of benzene rings is 1. The van der Waals surface area contributed by atoms with Crippen molar-refractivity contribution in [3.8, 4) is 6.07 Å². The molecule has 1 N–H and O–H groups in total. The van der Waals surface area contributed by atoms with Crippen molar-refractivity contribution < 1.29 is 0 Å². The molecule has 0 bridgehead atoms. The molecule has 0 amide bonds. The zero-order valence-corrected chi connectivity index (χ0v) is 14.2. The fourth-order valence-corrected chi connectivity index (χ4v) is 3.35. The van der Waals surface area contributed by atoms with Crippen molar-refractivity contribution in [3.63, 3.8) is 0 Å². The second-order valence-corrected chi connectivity index (χ2v) is 6.11. The van der Waals surface area contributed by atoms with E-state index in [-0.39, 0.29) is 11.1 Å². The Kier molecular flexibility index (Phi) is 4.77. The fourth-order valence-electron chi connectivity index (χ4n) is 3.35. The van der Waals surface area contributed by atoms with E-state index in [0.717, 1.165) is 36.3 Å². The first-order valence-corrected chi connectivity index (χ1v) is 8.52. The quantitative estimate of drug-likeness (QED) is 0.934. The Hall–Kier alpha value is -2.45. The molecule has 0 fully saturated rings. The molecule has 0 spiro atoms. The second kappa shape index (κ2) is 6.98. The molecule has 2 aromatic rings. The minimum Gasteiger partial charge on any atom is -0.312 e. The van der Waals surface area contributed by atoms with Gasteiger partial charge in [0.25, 0.3) is 5.56 Å². The molecule has 24 heavy (non-hydrogen) atoms. The highest BCUT2D eigenvalue weighted by molar-refractivity contribution is 5.38. The van der Waals surface area contributed by atoms with E-state index in [1.54, 1.807) is 0 Å². The van der Waals surface area contributed by atoms with Crippen LogP contribution in [-0.4, -0.2) is 16.3 Å². The Bertz CT molecular complexity index is 861. The van der Waals surface area contributed by atoms with Gasteiger partial charge in [-0.15, -0.1) is 0 Å². The molecule has 5 heteroatoms. The molecule has 0 saturated heterocycles. The molecular formula is C19H22N4O. The van der Waals surface area contributed by atoms with Crippen LogP contribution in [0.5, 0.6) is 0 Å². The van der Waals surface area contributed by atoms with E-state index in [1.165, 1.54) is 15.8 Å². The maximum absolute atomic E-state index is 12.6. The summed E-state index contributed by atoms with van der Waals surface area (Å²) in [5.74, 6) is 0. The average Bonchev–Trinajstić information content (AvgIpc) is 2.62. The van der Waals surface area contributed by atoms with Crippen molar-refractivity contribution in [3.05, 3.63) is 62.1 Å². The Balaban J connectivity index is 2.01. The predicted molar refractivity (Wildman–Crippen MR) is 92.9 cm³/mol. The molecule has 2 heterocycles. The lowest BCUT2D eigenvalue weighted by molar-refractivity contribution is 0.607. The lowest BCUT2D eigenvalue weighted by Crippen LogP contribution is -2.29. The Morgan fingerprint density at radius 3 is 2.83 bits per heavy atom. The number of aromatic nitrogens is 2. The van der Waals surface area contributed by atoms with Crippen LogP contribution in [0.2, 0.25) is 0 Å². The highest BCUT2D eigenvalue weighted by Crippen LogP contribution is 2.17. The van der Waals surface area contributed by atoms with Crippen LogP contribution >= 0.6 is 0 Å². The number of aryl methyl sites for hydroxylation is 1. The molecule has 1 aliphatic heterocycles. The van der Waals surface area contributed by atoms with Gasteiger partial charge in [0.1, 0.15) is 11.6 Å². The lowest BCUT2D eigenvalue weighted by atomic mass is 9.98. The highest BCUT2D eigenvalue weighted by Gasteiger charge is 2.16. The third kappa shape index (κ3) is 2.98. The molecule has 0 radical (unpaired) electrons. The zero-order valence-electron chi connectivity index (χ0n) is 14.2. The summed E-state index contributed by atoms with van der Waals surface area (Å²) in [6.07, 6.45) is 2.41. The van der Waals surface area contributed by atoms with Gasteiger partial charge in [-0.05, 0) is 48.1 Å². The number of rotatable bonds is 4. The monoisotopic (exact) mass is 322 g/mol. The molecule has 0 saturated carbocycles. The first-order valence-electron chi connectivity index (χ1n) is 8.52. The number of nitrogens with one attached hydrogen (secondary N) is 1. The SMILES string of the molecule is CCc1nn(Cc2ccc3c(c2)CNCC3)c(=O)c(C#N)c1CC. The van der Waals surface area contributed by atoms with Gasteiger partial charge in [0.05, 0.1) is 12.2 Å². The van der Waals surface area contributed by atoms with Gasteiger partial charge in [0.2, 0.25) is 0 Å². The summed E-state index contributed by atoms with van der Waals surface area (Å²) in [5.41, 5.74) is 5.28. The first kappa shape index (κ1) is 16.4. The van der Waals surface area contributed by atoms with Gasteiger partial charge in [-0.1, -0.05) is 32.0 Å². The molecule has 0 aliphatic carbocycles. The van der Waals surface area contributed by atoms with Crippen molar-refractivity contribution in [1.82, 2.24) is 15.1 Å². The van der Waals surface area contributed by atoms with Crippen molar-refractivity contribution in [1.29, 1.82) is 5.26 Å². The second-order valence-electron chi connectivity index (χ2n) is 6.11. The topological polar surface area (TPSA) is 70.7 Å². The summed E-state index contributed by atoms with van der Waals surface area (Å²) in [7, 11) is 0. The van der Waals surface area contributed by atoms with Crippen LogP contribution < -0.4 is 10.9 Å². The summed E-state index contributed by atoms with van der Waals surface area (Å²) in [5, 5.41) is 17.3. The van der Waals surface area contributed by atoms with Crippen molar-refractivity contribution in [2.75, 3.05) is 6.54 Å². The normalized spacial score (nSPS) is 13.4.